The second-order valence-corrected chi connectivity index (χ2v) is 5.58. The number of benzene rings is 1. The molecule has 0 aliphatic rings. The molecule has 0 amide bonds. The van der Waals surface area contributed by atoms with Gasteiger partial charge in [0.05, 0.1) is 12.8 Å². The number of nitrogen functional groups attached to an aromatic ring is 1. The van der Waals surface area contributed by atoms with Crippen LogP contribution in [-0.2, 0) is 0 Å². The van der Waals surface area contributed by atoms with E-state index >= 15 is 0 Å². The third kappa shape index (κ3) is 3.25. The van der Waals surface area contributed by atoms with E-state index in [1.807, 2.05) is 18.2 Å². The molecular weight excluding hydrogens is 425 g/mol. The number of rotatable bonds is 4. The molecule has 4 N–H and O–H groups in total. The van der Waals surface area contributed by atoms with E-state index in [0.29, 0.717) is 17.4 Å². The maximum Gasteiger partial charge on any atom is 0.205 e. The van der Waals surface area contributed by atoms with Gasteiger partial charge in [-0.1, -0.05) is 15.9 Å². The van der Waals surface area contributed by atoms with Gasteiger partial charge < -0.3 is 15.5 Å². The molecule has 0 spiro atoms. The number of hydrazine groups is 1. The van der Waals surface area contributed by atoms with Crippen molar-refractivity contribution in [3.63, 3.8) is 0 Å². The Hall–Kier alpha value is -1.13. The number of hydrogen-bond acceptors (Lipinski definition) is 6. The molecule has 0 aliphatic carbocycles. The minimum atomic E-state index is 0.421. The first kappa shape index (κ1) is 14.3. The Morgan fingerprint density at radius 3 is 2.74 bits per heavy atom. The lowest BCUT2D eigenvalue weighted by Crippen LogP contribution is -2.11. The van der Waals surface area contributed by atoms with Crippen LogP contribution >= 0.6 is 38.5 Å². The second-order valence-electron chi connectivity index (χ2n) is 3.50. The summed E-state index contributed by atoms with van der Waals surface area (Å²) >= 11 is 5.67. The average molecular weight is 436 g/mol. The van der Waals surface area contributed by atoms with Gasteiger partial charge in [0, 0.05) is 8.04 Å². The smallest absolute Gasteiger partial charge is 0.205 e. The fourth-order valence-electron chi connectivity index (χ4n) is 1.48. The predicted molar refractivity (Wildman–Crippen MR) is 86.5 cm³/mol. The van der Waals surface area contributed by atoms with Crippen LogP contribution in [0.25, 0.3) is 0 Å². The number of nitrogens with two attached hydrogens (primary N) is 1. The van der Waals surface area contributed by atoms with Gasteiger partial charge in [0.15, 0.2) is 11.6 Å². The average Bonchev–Trinajstić information content (AvgIpc) is 2.42. The van der Waals surface area contributed by atoms with Gasteiger partial charge in [-0.25, -0.2) is 15.8 Å². The van der Waals surface area contributed by atoms with Gasteiger partial charge in [-0.2, -0.15) is 0 Å². The van der Waals surface area contributed by atoms with Crippen molar-refractivity contribution >= 4 is 55.8 Å². The van der Waals surface area contributed by atoms with E-state index in [1.54, 1.807) is 0 Å². The van der Waals surface area contributed by atoms with Crippen molar-refractivity contribution in [2.75, 3.05) is 17.9 Å². The van der Waals surface area contributed by atoms with Gasteiger partial charge in [-0.3, -0.25) is 0 Å². The molecule has 1 aromatic heterocycles. The molecule has 0 saturated carbocycles. The minimum absolute atomic E-state index is 0.421. The summed E-state index contributed by atoms with van der Waals surface area (Å²) in [5, 5.41) is 3.20. The van der Waals surface area contributed by atoms with Gasteiger partial charge in [0.1, 0.15) is 6.33 Å². The Labute approximate surface area is 132 Å². The summed E-state index contributed by atoms with van der Waals surface area (Å²) in [6.45, 7) is 0. The summed E-state index contributed by atoms with van der Waals surface area (Å²) in [5.74, 6) is 6.81. The highest BCUT2D eigenvalue weighted by atomic mass is 127. The lowest BCUT2D eigenvalue weighted by Gasteiger charge is -2.13. The number of hydrogen-bond donors (Lipinski definition) is 3. The van der Waals surface area contributed by atoms with Gasteiger partial charge >= 0.3 is 0 Å². The number of methoxy groups -OCH3 is 1. The Kier molecular flexibility index (Phi) is 4.77. The van der Waals surface area contributed by atoms with Gasteiger partial charge in [-0.05, 0) is 40.8 Å². The lowest BCUT2D eigenvalue weighted by molar-refractivity contribution is 0.415. The van der Waals surface area contributed by atoms with Gasteiger partial charge in [0.2, 0.25) is 5.75 Å². The normalized spacial score (nSPS) is 10.1. The number of anilines is 3. The SMILES string of the molecule is COc1c(NN)ncnc1Nc1cc(Br)ccc1I. The topological polar surface area (TPSA) is 85.1 Å². The molecule has 0 radical (unpaired) electrons. The highest BCUT2D eigenvalue weighted by Crippen LogP contribution is 2.32. The monoisotopic (exact) mass is 435 g/mol. The molecule has 2 aromatic rings. The molecule has 0 aliphatic heterocycles. The van der Waals surface area contributed by atoms with Crippen LogP contribution in [0.1, 0.15) is 0 Å². The fraction of sp³-hybridized carbons (Fsp3) is 0.0909. The zero-order chi connectivity index (χ0) is 13.8. The summed E-state index contributed by atoms with van der Waals surface area (Å²) in [7, 11) is 1.54. The van der Waals surface area contributed by atoms with Crippen molar-refractivity contribution < 1.29 is 4.74 Å². The van der Waals surface area contributed by atoms with E-state index in [-0.39, 0.29) is 0 Å². The van der Waals surface area contributed by atoms with Gasteiger partial charge in [-0.15, -0.1) is 0 Å². The number of aromatic nitrogens is 2. The van der Waals surface area contributed by atoms with Crippen molar-refractivity contribution in [3.05, 3.63) is 32.6 Å². The standard InChI is InChI=1S/C11H11BrIN5O/c1-19-9-10(15-5-16-11(9)18-14)17-8-4-6(12)2-3-7(8)13/h2-5H,14H2,1H3,(H2,15,16,17,18). The third-order valence-electron chi connectivity index (χ3n) is 2.33. The van der Waals surface area contributed by atoms with Crippen molar-refractivity contribution in [1.29, 1.82) is 0 Å². The van der Waals surface area contributed by atoms with E-state index in [9.17, 15) is 0 Å². The van der Waals surface area contributed by atoms with Crippen LogP contribution in [0, 0.1) is 3.57 Å². The van der Waals surface area contributed by atoms with E-state index in [1.165, 1.54) is 13.4 Å². The molecule has 2 rings (SSSR count). The molecule has 0 bridgehead atoms. The molecular formula is C11H11BrIN5O. The maximum absolute atomic E-state index is 5.39. The zero-order valence-electron chi connectivity index (χ0n) is 9.95. The highest BCUT2D eigenvalue weighted by Gasteiger charge is 2.12. The molecule has 19 heavy (non-hydrogen) atoms. The summed E-state index contributed by atoms with van der Waals surface area (Å²) in [6.07, 6.45) is 1.41. The van der Waals surface area contributed by atoms with Crippen LogP contribution in [0.2, 0.25) is 0 Å². The maximum atomic E-state index is 5.39. The molecule has 0 unspecified atom stereocenters. The minimum Gasteiger partial charge on any atom is -0.490 e. The predicted octanol–water partition coefficient (Wildman–Crippen LogP) is 2.88. The quantitative estimate of drug-likeness (QED) is 0.389. The van der Waals surface area contributed by atoms with E-state index in [2.05, 4.69) is 59.2 Å². The van der Waals surface area contributed by atoms with Crippen LogP contribution in [0.3, 0.4) is 0 Å². The van der Waals surface area contributed by atoms with Crippen molar-refractivity contribution in [3.8, 4) is 5.75 Å². The van der Waals surface area contributed by atoms with Crippen LogP contribution in [-0.4, -0.2) is 17.1 Å². The molecule has 0 atom stereocenters. The molecule has 0 fully saturated rings. The molecule has 6 nitrogen and oxygen atoms in total. The Balaban J connectivity index is 2.40. The molecule has 1 aromatic carbocycles. The second kappa shape index (κ2) is 6.35. The number of halogens is 2. The Morgan fingerprint density at radius 2 is 2.05 bits per heavy atom. The van der Waals surface area contributed by atoms with E-state index < -0.39 is 0 Å². The summed E-state index contributed by atoms with van der Waals surface area (Å²) in [4.78, 5) is 8.15. The summed E-state index contributed by atoms with van der Waals surface area (Å²) in [6, 6.07) is 5.92. The molecule has 0 saturated heterocycles. The van der Waals surface area contributed by atoms with E-state index in [0.717, 1.165) is 13.7 Å². The molecule has 8 heteroatoms. The first-order valence-corrected chi connectivity index (χ1v) is 7.10. The number of ether oxygens (including phenoxy) is 1. The van der Waals surface area contributed by atoms with Crippen LogP contribution < -0.4 is 21.3 Å². The third-order valence-corrected chi connectivity index (χ3v) is 3.76. The van der Waals surface area contributed by atoms with Crippen molar-refractivity contribution in [2.24, 2.45) is 5.84 Å². The largest absolute Gasteiger partial charge is 0.490 e. The number of nitrogens with one attached hydrogen (secondary N) is 2. The highest BCUT2D eigenvalue weighted by molar-refractivity contribution is 14.1. The van der Waals surface area contributed by atoms with Gasteiger partial charge in [0.25, 0.3) is 0 Å². The molecule has 100 valence electrons. The summed E-state index contributed by atoms with van der Waals surface area (Å²) in [5.41, 5.74) is 3.38. The lowest BCUT2D eigenvalue weighted by atomic mass is 10.3. The fourth-order valence-corrected chi connectivity index (χ4v) is 2.31. The van der Waals surface area contributed by atoms with E-state index in [4.69, 9.17) is 10.6 Å². The summed E-state index contributed by atoms with van der Waals surface area (Å²) < 4.78 is 7.30. The first-order valence-electron chi connectivity index (χ1n) is 5.23. The Morgan fingerprint density at radius 1 is 1.32 bits per heavy atom. The number of nitrogens with zero attached hydrogens (tertiary/aromatic N) is 2. The van der Waals surface area contributed by atoms with Crippen molar-refractivity contribution in [1.82, 2.24) is 9.97 Å². The first-order chi connectivity index (χ1) is 9.15. The Bertz CT molecular complexity index is 595. The molecule has 1 heterocycles. The zero-order valence-corrected chi connectivity index (χ0v) is 13.7. The van der Waals surface area contributed by atoms with Crippen LogP contribution in [0.15, 0.2) is 29.0 Å². The van der Waals surface area contributed by atoms with Crippen LogP contribution in [0.5, 0.6) is 5.75 Å². The van der Waals surface area contributed by atoms with Crippen molar-refractivity contribution in [2.45, 2.75) is 0 Å². The van der Waals surface area contributed by atoms with Crippen LogP contribution in [0.4, 0.5) is 17.3 Å².